The number of amides is 1. The van der Waals surface area contributed by atoms with Crippen molar-refractivity contribution in [1.29, 1.82) is 0 Å². The summed E-state index contributed by atoms with van der Waals surface area (Å²) < 4.78 is 13.5. The van der Waals surface area contributed by atoms with Crippen LogP contribution in [0.2, 0.25) is 0 Å². The van der Waals surface area contributed by atoms with Crippen LogP contribution in [0.1, 0.15) is 31.7 Å². The molecule has 0 unspecified atom stereocenters. The van der Waals surface area contributed by atoms with Gasteiger partial charge in [0.2, 0.25) is 5.91 Å². The molecule has 0 saturated carbocycles. The molecule has 1 aliphatic rings. The minimum atomic E-state index is -0.220. The Balaban J connectivity index is 1.47. The molecule has 0 radical (unpaired) electrons. The average Bonchev–Trinajstić information content (AvgIpc) is 3.24. The fourth-order valence-electron chi connectivity index (χ4n) is 3.41. The van der Waals surface area contributed by atoms with E-state index in [1.807, 2.05) is 18.0 Å². The number of carbonyl (C=O) groups excluding carboxylic acids is 1. The molecule has 27 heavy (non-hydrogen) atoms. The molecule has 1 saturated heterocycles. The van der Waals surface area contributed by atoms with E-state index in [0.29, 0.717) is 19.5 Å². The standard InChI is InChI=1S/C20H28FN5O/c1-2-22-20(23-9-4-12-26-11-3-5-19(26)27)24-10-8-15-14-25-18-7-6-16(21)13-17(15)18/h6-7,13-14,25H,2-5,8-12H2,1H3,(H2,22,23,24). The molecule has 2 heterocycles. The molecule has 1 aromatic heterocycles. The van der Waals surface area contributed by atoms with Gasteiger partial charge in [0.25, 0.3) is 0 Å². The van der Waals surface area contributed by atoms with Gasteiger partial charge in [-0.2, -0.15) is 0 Å². The molecule has 3 rings (SSSR count). The lowest BCUT2D eigenvalue weighted by molar-refractivity contribution is -0.127. The minimum absolute atomic E-state index is 0.220. The summed E-state index contributed by atoms with van der Waals surface area (Å²) >= 11 is 0. The van der Waals surface area contributed by atoms with E-state index < -0.39 is 0 Å². The number of hydrogen-bond donors (Lipinski definition) is 3. The molecule has 1 fully saturated rings. The zero-order chi connectivity index (χ0) is 19.1. The number of aliphatic imine (C=N–C) groups is 1. The van der Waals surface area contributed by atoms with Crippen LogP contribution in [0.5, 0.6) is 0 Å². The number of hydrogen-bond acceptors (Lipinski definition) is 2. The van der Waals surface area contributed by atoms with Crippen molar-refractivity contribution in [2.24, 2.45) is 4.99 Å². The number of guanidine groups is 1. The normalized spacial score (nSPS) is 15.0. The number of nitrogens with zero attached hydrogens (tertiary/aromatic N) is 2. The molecule has 6 nitrogen and oxygen atoms in total. The summed E-state index contributed by atoms with van der Waals surface area (Å²) in [5.41, 5.74) is 2.03. The Labute approximate surface area is 159 Å². The zero-order valence-electron chi connectivity index (χ0n) is 15.9. The van der Waals surface area contributed by atoms with Crippen molar-refractivity contribution in [3.63, 3.8) is 0 Å². The van der Waals surface area contributed by atoms with Gasteiger partial charge in [0, 0.05) is 56.2 Å². The maximum absolute atomic E-state index is 13.5. The van der Waals surface area contributed by atoms with Gasteiger partial charge in [-0.3, -0.25) is 9.79 Å². The molecule has 2 aromatic rings. The zero-order valence-corrected chi connectivity index (χ0v) is 15.9. The number of rotatable bonds is 8. The number of likely N-dealkylation sites (tertiary alicyclic amines) is 1. The Morgan fingerprint density at radius 2 is 2.26 bits per heavy atom. The van der Waals surface area contributed by atoms with Gasteiger partial charge in [0.1, 0.15) is 5.82 Å². The topological polar surface area (TPSA) is 72.5 Å². The van der Waals surface area contributed by atoms with Crippen molar-refractivity contribution in [3.05, 3.63) is 35.8 Å². The van der Waals surface area contributed by atoms with Gasteiger partial charge < -0.3 is 20.5 Å². The first kappa shape index (κ1) is 19.2. The molecule has 146 valence electrons. The van der Waals surface area contributed by atoms with Crippen molar-refractivity contribution >= 4 is 22.8 Å². The van der Waals surface area contributed by atoms with E-state index in [4.69, 9.17) is 0 Å². The number of aromatic amines is 1. The van der Waals surface area contributed by atoms with Crippen LogP contribution in [0.15, 0.2) is 29.4 Å². The maximum atomic E-state index is 13.5. The lowest BCUT2D eigenvalue weighted by Gasteiger charge is -2.15. The van der Waals surface area contributed by atoms with Gasteiger partial charge in [0.15, 0.2) is 5.96 Å². The third-order valence-electron chi connectivity index (χ3n) is 4.79. The highest BCUT2D eigenvalue weighted by Crippen LogP contribution is 2.19. The molecule has 0 aliphatic carbocycles. The van der Waals surface area contributed by atoms with Crippen molar-refractivity contribution < 1.29 is 9.18 Å². The third-order valence-corrected chi connectivity index (χ3v) is 4.79. The highest BCUT2D eigenvalue weighted by atomic mass is 19.1. The Morgan fingerprint density at radius 3 is 3.04 bits per heavy atom. The fraction of sp³-hybridized carbons (Fsp3) is 0.500. The number of H-pyrrole nitrogens is 1. The molecular weight excluding hydrogens is 345 g/mol. The van der Waals surface area contributed by atoms with E-state index in [-0.39, 0.29) is 11.7 Å². The summed E-state index contributed by atoms with van der Waals surface area (Å²) in [7, 11) is 0. The van der Waals surface area contributed by atoms with Crippen LogP contribution in [0.4, 0.5) is 4.39 Å². The third kappa shape index (κ3) is 5.21. The SMILES string of the molecule is CCNC(=NCCCN1CCCC1=O)NCCc1c[nH]c2ccc(F)cc12. The summed E-state index contributed by atoms with van der Waals surface area (Å²) in [6.07, 6.45) is 5.23. The molecule has 0 spiro atoms. The van der Waals surface area contributed by atoms with Crippen molar-refractivity contribution in [1.82, 2.24) is 20.5 Å². The summed E-state index contributed by atoms with van der Waals surface area (Å²) in [5.74, 6) is 0.818. The van der Waals surface area contributed by atoms with E-state index in [1.165, 1.54) is 6.07 Å². The largest absolute Gasteiger partial charge is 0.361 e. The second kappa shape index (κ2) is 9.39. The maximum Gasteiger partial charge on any atom is 0.222 e. The van der Waals surface area contributed by atoms with Gasteiger partial charge in [-0.15, -0.1) is 0 Å². The van der Waals surface area contributed by atoms with Crippen LogP contribution in [-0.2, 0) is 11.2 Å². The van der Waals surface area contributed by atoms with Crippen molar-refractivity contribution in [2.45, 2.75) is 32.6 Å². The number of fused-ring (bicyclic) bond motifs is 1. The number of aromatic nitrogens is 1. The lowest BCUT2D eigenvalue weighted by Crippen LogP contribution is -2.38. The van der Waals surface area contributed by atoms with E-state index in [1.54, 1.807) is 12.1 Å². The minimum Gasteiger partial charge on any atom is -0.361 e. The Morgan fingerprint density at radius 1 is 1.37 bits per heavy atom. The Bertz CT molecular complexity index is 801. The van der Waals surface area contributed by atoms with Crippen LogP contribution < -0.4 is 10.6 Å². The van der Waals surface area contributed by atoms with E-state index in [9.17, 15) is 9.18 Å². The first-order valence-corrected chi connectivity index (χ1v) is 9.73. The summed E-state index contributed by atoms with van der Waals surface area (Å²) in [5, 5.41) is 7.49. The van der Waals surface area contributed by atoms with Crippen molar-refractivity contribution in [2.75, 3.05) is 32.7 Å². The molecule has 7 heteroatoms. The van der Waals surface area contributed by atoms with Gasteiger partial charge in [-0.1, -0.05) is 0 Å². The second-order valence-electron chi connectivity index (χ2n) is 6.78. The lowest BCUT2D eigenvalue weighted by atomic mass is 10.1. The molecule has 0 atom stereocenters. The number of carbonyl (C=O) groups is 1. The first-order valence-electron chi connectivity index (χ1n) is 9.73. The van der Waals surface area contributed by atoms with Gasteiger partial charge >= 0.3 is 0 Å². The summed E-state index contributed by atoms with van der Waals surface area (Å²) in [6.45, 7) is 5.86. The van der Waals surface area contributed by atoms with Crippen LogP contribution in [-0.4, -0.2) is 54.5 Å². The molecule has 0 bridgehead atoms. The molecule has 1 aliphatic heterocycles. The van der Waals surface area contributed by atoms with E-state index >= 15 is 0 Å². The average molecular weight is 373 g/mol. The van der Waals surface area contributed by atoms with Crippen molar-refractivity contribution in [3.8, 4) is 0 Å². The quantitative estimate of drug-likeness (QED) is 0.378. The van der Waals surface area contributed by atoms with Crippen LogP contribution in [0.25, 0.3) is 10.9 Å². The van der Waals surface area contributed by atoms with Gasteiger partial charge in [-0.05, 0) is 49.9 Å². The number of nitrogens with one attached hydrogen (secondary N) is 3. The van der Waals surface area contributed by atoms with E-state index in [0.717, 1.165) is 61.3 Å². The van der Waals surface area contributed by atoms with E-state index in [2.05, 4.69) is 20.6 Å². The second-order valence-corrected chi connectivity index (χ2v) is 6.78. The first-order chi connectivity index (χ1) is 13.2. The van der Waals surface area contributed by atoms with Gasteiger partial charge in [-0.25, -0.2) is 4.39 Å². The van der Waals surface area contributed by atoms with Crippen LogP contribution in [0, 0.1) is 5.82 Å². The number of benzene rings is 1. The summed E-state index contributed by atoms with van der Waals surface area (Å²) in [4.78, 5) is 21.3. The molecule has 1 amide bonds. The Kier molecular flexibility index (Phi) is 6.68. The Hall–Kier alpha value is -2.57. The van der Waals surface area contributed by atoms with Crippen LogP contribution in [0.3, 0.4) is 0 Å². The smallest absolute Gasteiger partial charge is 0.222 e. The predicted octanol–water partition coefficient (Wildman–Crippen LogP) is 2.42. The molecule has 1 aromatic carbocycles. The predicted molar refractivity (Wildman–Crippen MR) is 106 cm³/mol. The summed E-state index contributed by atoms with van der Waals surface area (Å²) in [6, 6.07) is 4.80. The molecule has 3 N–H and O–H groups in total. The molecular formula is C20H28FN5O. The fourth-order valence-corrected chi connectivity index (χ4v) is 3.41. The monoisotopic (exact) mass is 373 g/mol. The number of halogens is 1. The van der Waals surface area contributed by atoms with Gasteiger partial charge in [0.05, 0.1) is 0 Å². The van der Waals surface area contributed by atoms with Crippen LogP contribution >= 0.6 is 0 Å². The highest BCUT2D eigenvalue weighted by molar-refractivity contribution is 5.83. The highest BCUT2D eigenvalue weighted by Gasteiger charge is 2.18.